The summed E-state index contributed by atoms with van der Waals surface area (Å²) < 4.78 is 36.9. The van der Waals surface area contributed by atoms with Crippen molar-refractivity contribution in [2.45, 2.75) is 38.5 Å². The third-order valence-electron chi connectivity index (χ3n) is 2.51. The summed E-state index contributed by atoms with van der Waals surface area (Å²) in [4.78, 5) is 11.7. The number of aliphatic hydroxyl groups is 1. The van der Waals surface area contributed by atoms with Crippen LogP contribution >= 0.6 is 11.6 Å². The van der Waals surface area contributed by atoms with Crippen LogP contribution in [0, 0.1) is 0 Å². The number of anilines is 1. The second-order valence-electron chi connectivity index (χ2n) is 4.36. The quantitative estimate of drug-likeness (QED) is 0.843. The van der Waals surface area contributed by atoms with Gasteiger partial charge < -0.3 is 10.4 Å². The number of halogens is 4. The molecule has 0 aliphatic carbocycles. The molecule has 0 saturated heterocycles. The molecule has 0 aliphatic rings. The summed E-state index contributed by atoms with van der Waals surface area (Å²) in [5.41, 5.74) is -0.816. The van der Waals surface area contributed by atoms with E-state index in [1.54, 1.807) is 6.92 Å². The molecule has 9 heteroatoms. The minimum absolute atomic E-state index is 0.0329. The van der Waals surface area contributed by atoms with Gasteiger partial charge in [0, 0.05) is 12.6 Å². The second-order valence-corrected chi connectivity index (χ2v) is 4.74. The lowest BCUT2D eigenvalue weighted by molar-refractivity contribution is -0.143. The van der Waals surface area contributed by atoms with Crippen LogP contribution in [0.4, 0.5) is 18.9 Å². The maximum atomic E-state index is 12.2. The zero-order valence-corrected chi connectivity index (χ0v) is 11.5. The van der Waals surface area contributed by atoms with Gasteiger partial charge in [0.2, 0.25) is 0 Å². The lowest BCUT2D eigenvalue weighted by Gasteiger charge is -2.16. The molecule has 0 aromatic carbocycles. The second kappa shape index (κ2) is 6.94. The number of aromatic nitrogens is 2. The van der Waals surface area contributed by atoms with Crippen molar-refractivity contribution in [1.29, 1.82) is 0 Å². The maximum absolute atomic E-state index is 12.2. The number of rotatable bonds is 6. The number of hydrogen-bond donors (Lipinski definition) is 2. The van der Waals surface area contributed by atoms with E-state index in [-0.39, 0.29) is 28.0 Å². The van der Waals surface area contributed by atoms with Gasteiger partial charge in [0.05, 0.1) is 11.9 Å². The van der Waals surface area contributed by atoms with E-state index in [4.69, 9.17) is 16.7 Å². The van der Waals surface area contributed by atoms with Crippen molar-refractivity contribution in [2.24, 2.45) is 0 Å². The monoisotopic (exact) mass is 313 g/mol. The first-order chi connectivity index (χ1) is 9.24. The van der Waals surface area contributed by atoms with Crippen molar-refractivity contribution in [3.05, 3.63) is 21.6 Å². The van der Waals surface area contributed by atoms with Crippen LogP contribution in [0.2, 0.25) is 5.02 Å². The third kappa shape index (κ3) is 5.01. The minimum Gasteiger partial charge on any atom is -0.396 e. The molecule has 114 valence electrons. The molecule has 0 amide bonds. The summed E-state index contributed by atoms with van der Waals surface area (Å²) in [5.74, 6) is 0. The molecule has 20 heavy (non-hydrogen) atoms. The van der Waals surface area contributed by atoms with Crippen molar-refractivity contribution in [1.82, 2.24) is 9.78 Å². The summed E-state index contributed by atoms with van der Waals surface area (Å²) >= 11 is 5.75. The van der Waals surface area contributed by atoms with E-state index in [1.807, 2.05) is 0 Å². The fourth-order valence-electron chi connectivity index (χ4n) is 1.58. The fraction of sp³-hybridized carbons (Fsp3) is 0.636. The molecule has 0 radical (unpaired) electrons. The van der Waals surface area contributed by atoms with Crippen molar-refractivity contribution >= 4 is 17.3 Å². The summed E-state index contributed by atoms with van der Waals surface area (Å²) in [7, 11) is 0. The molecule has 2 N–H and O–H groups in total. The van der Waals surface area contributed by atoms with Crippen LogP contribution in [0.1, 0.15) is 19.8 Å². The summed E-state index contributed by atoms with van der Waals surface area (Å²) in [6.07, 6.45) is -2.27. The first-order valence-corrected chi connectivity index (χ1v) is 6.32. The Bertz CT molecular complexity index is 505. The van der Waals surface area contributed by atoms with Gasteiger partial charge in [-0.25, -0.2) is 4.68 Å². The van der Waals surface area contributed by atoms with Crippen LogP contribution in [-0.4, -0.2) is 33.7 Å². The third-order valence-corrected chi connectivity index (χ3v) is 2.88. The Morgan fingerprint density at radius 1 is 1.55 bits per heavy atom. The van der Waals surface area contributed by atoms with Gasteiger partial charge in [-0.15, -0.1) is 0 Å². The largest absolute Gasteiger partial charge is 0.408 e. The number of hydrogen-bond acceptors (Lipinski definition) is 4. The molecule has 0 bridgehead atoms. The number of alkyl halides is 3. The maximum Gasteiger partial charge on any atom is 0.408 e. The van der Waals surface area contributed by atoms with Crippen LogP contribution in [-0.2, 0) is 6.54 Å². The standard InChI is InChI=1S/C11H15ClF3N3O2/c1-7(3-2-4-19)17-8-5-16-18(6-11(13,14)15)10(20)9(8)12/h5,7,17,19H,2-4,6H2,1H3. The van der Waals surface area contributed by atoms with Gasteiger partial charge in [0.1, 0.15) is 11.6 Å². The Balaban J connectivity index is 2.86. The zero-order chi connectivity index (χ0) is 15.3. The van der Waals surface area contributed by atoms with E-state index in [9.17, 15) is 18.0 Å². The summed E-state index contributed by atoms with van der Waals surface area (Å²) in [6.45, 7) is 0.352. The zero-order valence-electron chi connectivity index (χ0n) is 10.7. The van der Waals surface area contributed by atoms with Crippen molar-refractivity contribution in [3.8, 4) is 0 Å². The van der Waals surface area contributed by atoms with Crippen molar-refractivity contribution < 1.29 is 18.3 Å². The van der Waals surface area contributed by atoms with E-state index in [2.05, 4.69) is 10.4 Å². The van der Waals surface area contributed by atoms with E-state index < -0.39 is 18.3 Å². The highest BCUT2D eigenvalue weighted by Gasteiger charge is 2.29. The predicted molar refractivity (Wildman–Crippen MR) is 69.0 cm³/mol. The Hall–Kier alpha value is -1.28. The number of aliphatic hydroxyl groups excluding tert-OH is 1. The van der Waals surface area contributed by atoms with Gasteiger partial charge in [0.15, 0.2) is 0 Å². The molecule has 1 rings (SSSR count). The Labute approximate surface area is 118 Å². The summed E-state index contributed by atoms with van der Waals surface area (Å²) in [5, 5.41) is 14.7. The van der Waals surface area contributed by atoms with Crippen LogP contribution < -0.4 is 10.9 Å². The molecule has 0 saturated carbocycles. The average molecular weight is 314 g/mol. The Morgan fingerprint density at radius 2 is 2.20 bits per heavy atom. The molecule has 1 aromatic rings. The topological polar surface area (TPSA) is 67.2 Å². The SMILES string of the molecule is CC(CCCO)Nc1cnn(CC(F)(F)F)c(=O)c1Cl. The molecular weight excluding hydrogens is 299 g/mol. The van der Waals surface area contributed by atoms with Crippen molar-refractivity contribution in [2.75, 3.05) is 11.9 Å². The normalized spacial score (nSPS) is 13.3. The molecule has 0 aliphatic heterocycles. The highest BCUT2D eigenvalue weighted by molar-refractivity contribution is 6.32. The molecule has 1 atom stereocenters. The molecule has 5 nitrogen and oxygen atoms in total. The molecule has 0 spiro atoms. The van der Waals surface area contributed by atoms with E-state index in [1.165, 1.54) is 0 Å². The van der Waals surface area contributed by atoms with Crippen LogP contribution in [0.15, 0.2) is 11.0 Å². The molecular formula is C11H15ClF3N3O2. The van der Waals surface area contributed by atoms with Crippen LogP contribution in [0.3, 0.4) is 0 Å². The average Bonchev–Trinajstić information content (AvgIpc) is 2.34. The van der Waals surface area contributed by atoms with Gasteiger partial charge in [-0.1, -0.05) is 11.6 Å². The molecule has 1 heterocycles. The van der Waals surface area contributed by atoms with Crippen molar-refractivity contribution in [3.63, 3.8) is 0 Å². The van der Waals surface area contributed by atoms with Crippen LogP contribution in [0.25, 0.3) is 0 Å². The first kappa shape index (κ1) is 16.8. The molecule has 1 aromatic heterocycles. The van der Waals surface area contributed by atoms with E-state index in [0.29, 0.717) is 12.8 Å². The van der Waals surface area contributed by atoms with E-state index >= 15 is 0 Å². The number of nitrogens with zero attached hydrogens (tertiary/aromatic N) is 2. The lowest BCUT2D eigenvalue weighted by Crippen LogP contribution is -2.31. The highest BCUT2D eigenvalue weighted by Crippen LogP contribution is 2.20. The van der Waals surface area contributed by atoms with Gasteiger partial charge in [-0.05, 0) is 19.8 Å². The minimum atomic E-state index is -4.54. The van der Waals surface area contributed by atoms with E-state index in [0.717, 1.165) is 6.20 Å². The van der Waals surface area contributed by atoms with Crippen LogP contribution in [0.5, 0.6) is 0 Å². The van der Waals surface area contributed by atoms with Gasteiger partial charge in [0.25, 0.3) is 5.56 Å². The van der Waals surface area contributed by atoms with Gasteiger partial charge in [-0.3, -0.25) is 4.79 Å². The van der Waals surface area contributed by atoms with Gasteiger partial charge >= 0.3 is 6.18 Å². The molecule has 0 fully saturated rings. The Morgan fingerprint density at radius 3 is 2.75 bits per heavy atom. The number of nitrogens with one attached hydrogen (secondary N) is 1. The van der Waals surface area contributed by atoms with Gasteiger partial charge in [-0.2, -0.15) is 18.3 Å². The fourth-order valence-corrected chi connectivity index (χ4v) is 1.78. The highest BCUT2D eigenvalue weighted by atomic mass is 35.5. The Kier molecular flexibility index (Phi) is 5.82. The lowest BCUT2D eigenvalue weighted by atomic mass is 10.2. The molecule has 1 unspecified atom stereocenters. The first-order valence-electron chi connectivity index (χ1n) is 5.94. The smallest absolute Gasteiger partial charge is 0.396 e. The predicted octanol–water partition coefficient (Wildman–Crippen LogP) is 2.03. The summed E-state index contributed by atoms with van der Waals surface area (Å²) in [6, 6.07) is -0.0979.